The largest absolute Gasteiger partial charge is 0.324 e. The maximum atomic E-state index is 13.5. The normalized spacial score (nSPS) is 15.9. The lowest BCUT2D eigenvalue weighted by atomic mass is 9.98. The SMILES string of the molecule is Cc1ccc(CC2N=C(c3ccc(F)cc3)c3cc(Cl)ccc3NC2=O)c(C)c1. The molecule has 0 bridgehead atoms. The minimum absolute atomic E-state index is 0.175. The number of rotatable bonds is 3. The lowest BCUT2D eigenvalue weighted by Gasteiger charge is -2.13. The number of aliphatic imine (C=N–C) groups is 1. The molecule has 0 saturated heterocycles. The maximum Gasteiger partial charge on any atom is 0.249 e. The molecule has 0 aliphatic carbocycles. The zero-order chi connectivity index (χ0) is 20.5. The fourth-order valence-electron chi connectivity index (χ4n) is 3.58. The number of hydrogen-bond donors (Lipinski definition) is 1. The second-order valence-corrected chi connectivity index (χ2v) is 7.75. The van der Waals surface area contributed by atoms with E-state index in [1.54, 1.807) is 30.3 Å². The summed E-state index contributed by atoms with van der Waals surface area (Å²) in [7, 11) is 0. The molecule has 3 nitrogen and oxygen atoms in total. The number of nitrogens with one attached hydrogen (secondary N) is 1. The van der Waals surface area contributed by atoms with Crippen molar-refractivity contribution in [2.24, 2.45) is 4.99 Å². The minimum atomic E-state index is -0.609. The highest BCUT2D eigenvalue weighted by Gasteiger charge is 2.26. The Morgan fingerprint density at radius 3 is 2.52 bits per heavy atom. The van der Waals surface area contributed by atoms with Gasteiger partial charge in [-0.3, -0.25) is 9.79 Å². The van der Waals surface area contributed by atoms with Crippen LogP contribution in [0.3, 0.4) is 0 Å². The van der Waals surface area contributed by atoms with E-state index in [1.807, 2.05) is 26.0 Å². The molecule has 0 saturated carbocycles. The first-order valence-corrected chi connectivity index (χ1v) is 9.79. The van der Waals surface area contributed by atoms with Gasteiger partial charge in [0.2, 0.25) is 5.91 Å². The summed E-state index contributed by atoms with van der Waals surface area (Å²) < 4.78 is 13.5. The van der Waals surface area contributed by atoms with E-state index in [0.29, 0.717) is 22.8 Å². The number of benzene rings is 3. The summed E-state index contributed by atoms with van der Waals surface area (Å²) in [6, 6.07) is 17.0. The molecule has 29 heavy (non-hydrogen) atoms. The smallest absolute Gasteiger partial charge is 0.249 e. The van der Waals surface area contributed by atoms with Crippen LogP contribution in [0.5, 0.6) is 0 Å². The topological polar surface area (TPSA) is 41.5 Å². The number of halogens is 2. The molecule has 0 fully saturated rings. The lowest BCUT2D eigenvalue weighted by Crippen LogP contribution is -2.27. The highest BCUT2D eigenvalue weighted by atomic mass is 35.5. The molecule has 0 aromatic heterocycles. The Morgan fingerprint density at radius 2 is 1.79 bits per heavy atom. The molecule has 0 radical (unpaired) electrons. The molecular weight excluding hydrogens is 387 g/mol. The summed E-state index contributed by atoms with van der Waals surface area (Å²) in [6.07, 6.45) is 0.477. The molecular formula is C24H20ClFN2O. The molecule has 3 aromatic carbocycles. The summed E-state index contributed by atoms with van der Waals surface area (Å²) in [6.45, 7) is 4.08. The van der Waals surface area contributed by atoms with Crippen molar-refractivity contribution < 1.29 is 9.18 Å². The first kappa shape index (κ1) is 19.3. The second-order valence-electron chi connectivity index (χ2n) is 7.31. The Labute approximate surface area is 174 Å². The van der Waals surface area contributed by atoms with Crippen LogP contribution >= 0.6 is 11.6 Å². The van der Waals surface area contributed by atoms with Gasteiger partial charge in [-0.15, -0.1) is 0 Å². The second kappa shape index (κ2) is 7.80. The lowest BCUT2D eigenvalue weighted by molar-refractivity contribution is -0.117. The summed E-state index contributed by atoms with van der Waals surface area (Å²) in [5, 5.41) is 3.52. The van der Waals surface area contributed by atoms with Crippen LogP contribution in [0.25, 0.3) is 0 Å². The third-order valence-electron chi connectivity index (χ3n) is 5.11. The highest BCUT2D eigenvalue weighted by Crippen LogP contribution is 2.28. The van der Waals surface area contributed by atoms with Crippen molar-refractivity contribution in [1.82, 2.24) is 0 Å². The summed E-state index contributed by atoms with van der Waals surface area (Å²) in [4.78, 5) is 17.8. The van der Waals surface area contributed by atoms with Crippen LogP contribution in [-0.2, 0) is 11.2 Å². The summed E-state index contributed by atoms with van der Waals surface area (Å²) in [5.41, 5.74) is 6.09. The van der Waals surface area contributed by atoms with E-state index in [0.717, 1.165) is 22.3 Å². The predicted molar refractivity (Wildman–Crippen MR) is 116 cm³/mol. The first-order chi connectivity index (χ1) is 13.9. The number of fused-ring (bicyclic) bond motifs is 1. The third-order valence-corrected chi connectivity index (χ3v) is 5.35. The van der Waals surface area contributed by atoms with E-state index in [1.165, 1.54) is 17.7 Å². The molecule has 146 valence electrons. The number of hydrogen-bond acceptors (Lipinski definition) is 2. The minimum Gasteiger partial charge on any atom is -0.324 e. The number of anilines is 1. The first-order valence-electron chi connectivity index (χ1n) is 9.41. The van der Waals surface area contributed by atoms with Crippen LogP contribution in [0, 0.1) is 19.7 Å². The molecule has 1 amide bonds. The average Bonchev–Trinajstić information content (AvgIpc) is 2.81. The van der Waals surface area contributed by atoms with E-state index in [2.05, 4.69) is 11.4 Å². The quantitative estimate of drug-likeness (QED) is 0.613. The van der Waals surface area contributed by atoms with Crippen molar-refractivity contribution in [2.45, 2.75) is 26.3 Å². The van der Waals surface area contributed by atoms with Gasteiger partial charge in [-0.2, -0.15) is 0 Å². The average molecular weight is 407 g/mol. The van der Waals surface area contributed by atoms with Crippen molar-refractivity contribution >= 4 is 28.9 Å². The number of benzodiazepines with no additional fused rings is 1. The molecule has 1 atom stereocenters. The van der Waals surface area contributed by atoms with Crippen LogP contribution < -0.4 is 5.32 Å². The zero-order valence-corrected chi connectivity index (χ0v) is 16.9. The highest BCUT2D eigenvalue weighted by molar-refractivity contribution is 6.32. The van der Waals surface area contributed by atoms with E-state index in [9.17, 15) is 9.18 Å². The number of amides is 1. The molecule has 1 unspecified atom stereocenters. The van der Waals surface area contributed by atoms with Crippen LogP contribution in [0.2, 0.25) is 5.02 Å². The summed E-state index contributed by atoms with van der Waals surface area (Å²) >= 11 is 6.22. The number of carbonyl (C=O) groups excluding carboxylic acids is 1. The number of aryl methyl sites for hydroxylation is 2. The molecule has 1 aliphatic heterocycles. The predicted octanol–water partition coefficient (Wildman–Crippen LogP) is 5.50. The fraction of sp³-hybridized carbons (Fsp3) is 0.167. The van der Waals surface area contributed by atoms with Gasteiger partial charge in [0.25, 0.3) is 0 Å². The van der Waals surface area contributed by atoms with Crippen LogP contribution in [-0.4, -0.2) is 17.7 Å². The summed E-state index contributed by atoms with van der Waals surface area (Å²) in [5.74, 6) is -0.499. The van der Waals surface area contributed by atoms with Gasteiger partial charge in [0.15, 0.2) is 0 Å². The van der Waals surface area contributed by atoms with Gasteiger partial charge in [-0.25, -0.2) is 4.39 Å². The number of nitrogens with zero attached hydrogens (tertiary/aromatic N) is 1. The van der Waals surface area contributed by atoms with Crippen molar-refractivity contribution in [3.05, 3.63) is 99.3 Å². The fourth-order valence-corrected chi connectivity index (χ4v) is 3.75. The van der Waals surface area contributed by atoms with Crippen LogP contribution in [0.1, 0.15) is 27.8 Å². The van der Waals surface area contributed by atoms with Gasteiger partial charge in [0.1, 0.15) is 11.9 Å². The van der Waals surface area contributed by atoms with Crippen LogP contribution in [0.4, 0.5) is 10.1 Å². The van der Waals surface area contributed by atoms with Crippen molar-refractivity contribution in [2.75, 3.05) is 5.32 Å². The Morgan fingerprint density at radius 1 is 1.03 bits per heavy atom. The van der Waals surface area contributed by atoms with E-state index < -0.39 is 6.04 Å². The number of carbonyl (C=O) groups is 1. The van der Waals surface area contributed by atoms with Gasteiger partial charge in [-0.05, 0) is 67.4 Å². The van der Waals surface area contributed by atoms with E-state index in [4.69, 9.17) is 16.6 Å². The van der Waals surface area contributed by atoms with Crippen molar-refractivity contribution in [3.8, 4) is 0 Å². The monoisotopic (exact) mass is 406 g/mol. The molecule has 1 heterocycles. The Hall–Kier alpha value is -2.98. The molecule has 5 heteroatoms. The molecule has 0 spiro atoms. The van der Waals surface area contributed by atoms with E-state index in [-0.39, 0.29) is 11.7 Å². The Kier molecular flexibility index (Phi) is 5.20. The Bertz CT molecular complexity index is 1120. The van der Waals surface area contributed by atoms with Gasteiger partial charge in [0.05, 0.1) is 11.4 Å². The molecule has 1 aliphatic rings. The van der Waals surface area contributed by atoms with Gasteiger partial charge in [0, 0.05) is 22.6 Å². The molecule has 3 aromatic rings. The standard InChI is InChI=1S/C24H20ClFN2O/c1-14-3-4-17(15(2)11-14)12-22-24(29)28-21-10-7-18(25)13-20(21)23(27-22)16-5-8-19(26)9-6-16/h3-11,13,22H,12H2,1-2H3,(H,28,29). The molecule has 1 N–H and O–H groups in total. The molecule has 4 rings (SSSR count). The van der Waals surface area contributed by atoms with Gasteiger partial charge < -0.3 is 5.32 Å². The third kappa shape index (κ3) is 4.08. The van der Waals surface area contributed by atoms with E-state index >= 15 is 0 Å². The van der Waals surface area contributed by atoms with Crippen LogP contribution in [0.15, 0.2) is 65.7 Å². The van der Waals surface area contributed by atoms with Gasteiger partial charge >= 0.3 is 0 Å². The van der Waals surface area contributed by atoms with Crippen molar-refractivity contribution in [1.29, 1.82) is 0 Å². The maximum absolute atomic E-state index is 13.5. The zero-order valence-electron chi connectivity index (χ0n) is 16.2. The Balaban J connectivity index is 1.82. The van der Waals surface area contributed by atoms with Gasteiger partial charge in [-0.1, -0.05) is 35.4 Å². The van der Waals surface area contributed by atoms with Crippen molar-refractivity contribution in [3.63, 3.8) is 0 Å².